The molecule has 6 nitrogen and oxygen atoms in total. The first-order valence-electron chi connectivity index (χ1n) is 13.0. The lowest BCUT2D eigenvalue weighted by atomic mass is 9.99. The Labute approximate surface area is 233 Å². The largest absolute Gasteiger partial charge is 0.416 e. The smallest absolute Gasteiger partial charge is 0.373 e. The summed E-state index contributed by atoms with van der Waals surface area (Å²) in [5.74, 6) is 1.13. The number of hydrogen-bond donors (Lipinski definition) is 1. The van der Waals surface area contributed by atoms with Crippen molar-refractivity contribution in [3.63, 3.8) is 0 Å². The van der Waals surface area contributed by atoms with Gasteiger partial charge in [0.05, 0.1) is 28.3 Å². The van der Waals surface area contributed by atoms with Crippen LogP contribution in [-0.4, -0.2) is 34.3 Å². The summed E-state index contributed by atoms with van der Waals surface area (Å²) in [5, 5.41) is 8.06. The summed E-state index contributed by atoms with van der Waals surface area (Å²) in [5.41, 5.74) is 1.67. The number of amides is 2. The van der Waals surface area contributed by atoms with E-state index in [1.54, 1.807) is 18.2 Å². The Morgan fingerprint density at radius 2 is 1.67 bits per heavy atom. The zero-order valence-electron chi connectivity index (χ0n) is 20.8. The van der Waals surface area contributed by atoms with Gasteiger partial charge in [-0.2, -0.15) is 13.2 Å². The molecule has 206 valence electrons. The number of carbonyl (C=O) groups is 1. The predicted molar refractivity (Wildman–Crippen MR) is 141 cm³/mol. The number of alkyl halides is 3. The zero-order chi connectivity index (χ0) is 27.3. The van der Waals surface area contributed by atoms with Gasteiger partial charge >= 0.3 is 12.2 Å². The van der Waals surface area contributed by atoms with Crippen molar-refractivity contribution in [3.05, 3.63) is 69.4 Å². The quantitative estimate of drug-likeness (QED) is 0.319. The van der Waals surface area contributed by atoms with Gasteiger partial charge in [0.25, 0.3) is 0 Å². The Balaban J connectivity index is 1.12. The van der Waals surface area contributed by atoms with Gasteiger partial charge in [-0.3, -0.25) is 0 Å². The molecule has 0 radical (unpaired) electrons. The minimum atomic E-state index is -4.42. The number of aromatic nitrogens is 1. The normalized spacial score (nSPS) is 22.8. The molecule has 6 rings (SSSR count). The summed E-state index contributed by atoms with van der Waals surface area (Å²) in [4.78, 5) is 14.9. The summed E-state index contributed by atoms with van der Waals surface area (Å²) in [6.07, 6.45) is 0.637. The lowest BCUT2D eigenvalue weighted by molar-refractivity contribution is -0.137. The maximum atomic E-state index is 13.1. The van der Waals surface area contributed by atoms with E-state index in [4.69, 9.17) is 32.5 Å². The molecular weight excluding hydrogens is 554 g/mol. The second-order valence-electron chi connectivity index (χ2n) is 10.4. The number of ether oxygens (including phenoxy) is 1. The molecule has 2 unspecified atom stereocenters. The van der Waals surface area contributed by atoms with E-state index in [1.807, 2.05) is 4.90 Å². The van der Waals surface area contributed by atoms with E-state index in [1.165, 1.54) is 12.1 Å². The van der Waals surface area contributed by atoms with Crippen molar-refractivity contribution in [3.8, 4) is 11.3 Å². The molecule has 39 heavy (non-hydrogen) atoms. The fourth-order valence-electron chi connectivity index (χ4n) is 5.77. The second-order valence-corrected chi connectivity index (χ2v) is 11.3. The molecule has 1 N–H and O–H groups in total. The topological polar surface area (TPSA) is 67.6 Å². The van der Waals surface area contributed by atoms with Crippen LogP contribution in [0.1, 0.15) is 61.3 Å². The third-order valence-electron chi connectivity index (χ3n) is 7.82. The Morgan fingerprint density at radius 3 is 2.26 bits per heavy atom. The van der Waals surface area contributed by atoms with Crippen molar-refractivity contribution in [2.24, 2.45) is 0 Å². The van der Waals surface area contributed by atoms with Crippen LogP contribution in [0.25, 0.3) is 11.3 Å². The van der Waals surface area contributed by atoms with Gasteiger partial charge in [0.15, 0.2) is 0 Å². The molecule has 1 aromatic heterocycles. The van der Waals surface area contributed by atoms with Crippen LogP contribution in [-0.2, 0) is 17.5 Å². The highest BCUT2D eigenvalue weighted by Gasteiger charge is 2.44. The molecule has 2 bridgehead atoms. The van der Waals surface area contributed by atoms with Crippen LogP contribution in [0.5, 0.6) is 0 Å². The monoisotopic (exact) mass is 579 g/mol. The summed E-state index contributed by atoms with van der Waals surface area (Å²) >= 11 is 12.9. The number of nitrogens with one attached hydrogen (secondary N) is 1. The van der Waals surface area contributed by atoms with Gasteiger partial charge in [0.2, 0.25) is 0 Å². The molecule has 3 heterocycles. The van der Waals surface area contributed by atoms with Crippen molar-refractivity contribution >= 4 is 34.9 Å². The lowest BCUT2D eigenvalue weighted by Gasteiger charge is -2.38. The molecule has 1 aliphatic carbocycles. The molecule has 1 saturated carbocycles. The predicted octanol–water partition coefficient (Wildman–Crippen LogP) is 8.29. The first kappa shape index (κ1) is 26.5. The maximum Gasteiger partial charge on any atom is 0.416 e. The Morgan fingerprint density at radius 1 is 1.03 bits per heavy atom. The van der Waals surface area contributed by atoms with Gasteiger partial charge < -0.3 is 19.5 Å². The number of halogens is 5. The average Bonchev–Trinajstić information content (AvgIpc) is 3.59. The SMILES string of the molecule is O=C(Nc1ccc(C(F)(F)F)cc1)N1C2CC[C@H]1CC(OCc1c(-c3c(Cl)cccc3Cl)noc1C1CC1)C2. The summed E-state index contributed by atoms with van der Waals surface area (Å²) in [6.45, 7) is 0.300. The highest BCUT2D eigenvalue weighted by atomic mass is 35.5. The third kappa shape index (κ3) is 5.36. The van der Waals surface area contributed by atoms with Gasteiger partial charge in [-0.1, -0.05) is 34.4 Å². The second kappa shape index (κ2) is 10.3. The molecule has 3 atom stereocenters. The van der Waals surface area contributed by atoms with Crippen molar-refractivity contribution < 1.29 is 27.2 Å². The third-order valence-corrected chi connectivity index (χ3v) is 8.45. The van der Waals surface area contributed by atoms with Gasteiger partial charge in [0.1, 0.15) is 11.5 Å². The molecule has 3 aromatic rings. The lowest BCUT2D eigenvalue weighted by Crippen LogP contribution is -2.50. The first-order valence-corrected chi connectivity index (χ1v) is 13.8. The molecular formula is C28H26Cl2F3N3O3. The number of carbonyl (C=O) groups excluding carboxylic acids is 1. The number of rotatable bonds is 6. The molecule has 11 heteroatoms. The Kier molecular flexibility index (Phi) is 7.02. The summed E-state index contributed by atoms with van der Waals surface area (Å²) in [6, 6.07) is 9.48. The van der Waals surface area contributed by atoms with Crippen LogP contribution < -0.4 is 5.32 Å². The van der Waals surface area contributed by atoms with E-state index in [0.29, 0.717) is 52.4 Å². The molecule has 0 spiro atoms. The van der Waals surface area contributed by atoms with Crippen molar-refractivity contribution in [1.29, 1.82) is 0 Å². The van der Waals surface area contributed by atoms with E-state index in [-0.39, 0.29) is 24.2 Å². The van der Waals surface area contributed by atoms with Crippen LogP contribution in [0.3, 0.4) is 0 Å². The highest BCUT2D eigenvalue weighted by Crippen LogP contribution is 2.46. The zero-order valence-corrected chi connectivity index (χ0v) is 22.3. The van der Waals surface area contributed by atoms with E-state index in [9.17, 15) is 18.0 Å². The molecule has 3 fully saturated rings. The number of anilines is 1. The standard InChI is InChI=1S/C28H26Cl2F3N3O3/c29-22-2-1-3-23(30)24(22)25-21(26(39-35-25)15-4-5-15)14-38-20-12-18-10-11-19(13-20)36(18)27(37)34-17-8-6-16(7-9-17)28(31,32)33/h1-3,6-9,15,18-20H,4-5,10-14H2,(H,34,37)/t18-,19?,20?/m0/s1. The molecule has 2 aliphatic heterocycles. The van der Waals surface area contributed by atoms with Crippen LogP contribution >= 0.6 is 23.2 Å². The van der Waals surface area contributed by atoms with Crippen LogP contribution in [0.15, 0.2) is 47.0 Å². The van der Waals surface area contributed by atoms with Gasteiger partial charge in [0, 0.05) is 34.8 Å². The molecule has 2 amide bonds. The van der Waals surface area contributed by atoms with Crippen LogP contribution in [0.2, 0.25) is 10.0 Å². The van der Waals surface area contributed by atoms with E-state index < -0.39 is 11.7 Å². The van der Waals surface area contributed by atoms with Crippen LogP contribution in [0.4, 0.5) is 23.7 Å². The van der Waals surface area contributed by atoms with Crippen molar-refractivity contribution in [1.82, 2.24) is 10.1 Å². The minimum absolute atomic E-state index is 0.00828. The van der Waals surface area contributed by atoms with E-state index in [2.05, 4.69) is 10.5 Å². The minimum Gasteiger partial charge on any atom is -0.373 e. The maximum absolute atomic E-state index is 13.1. The average molecular weight is 580 g/mol. The molecule has 2 aromatic carbocycles. The summed E-state index contributed by atoms with van der Waals surface area (Å²) < 4.78 is 50.7. The number of piperidine rings is 1. The first-order chi connectivity index (χ1) is 18.7. The van der Waals surface area contributed by atoms with Gasteiger partial charge in [-0.15, -0.1) is 0 Å². The van der Waals surface area contributed by atoms with E-state index >= 15 is 0 Å². The van der Waals surface area contributed by atoms with Gasteiger partial charge in [-0.05, 0) is 74.9 Å². The van der Waals surface area contributed by atoms with Crippen LogP contribution in [0, 0.1) is 0 Å². The highest BCUT2D eigenvalue weighted by molar-refractivity contribution is 6.39. The number of benzene rings is 2. The summed E-state index contributed by atoms with van der Waals surface area (Å²) in [7, 11) is 0. The fourth-order valence-corrected chi connectivity index (χ4v) is 6.35. The molecule has 3 aliphatic rings. The Bertz CT molecular complexity index is 1340. The fraction of sp³-hybridized carbons (Fsp3) is 0.429. The Hall–Kier alpha value is -2.75. The van der Waals surface area contributed by atoms with Crippen molar-refractivity contribution in [2.45, 2.75) is 75.4 Å². The van der Waals surface area contributed by atoms with E-state index in [0.717, 1.165) is 49.1 Å². The van der Waals surface area contributed by atoms with Gasteiger partial charge in [-0.25, -0.2) is 4.79 Å². The number of fused-ring (bicyclic) bond motifs is 2. The number of nitrogens with zero attached hydrogens (tertiary/aromatic N) is 2. The number of urea groups is 1. The number of hydrogen-bond acceptors (Lipinski definition) is 4. The van der Waals surface area contributed by atoms with Crippen molar-refractivity contribution in [2.75, 3.05) is 5.32 Å². The molecule has 2 saturated heterocycles.